The normalized spacial score (nSPS) is 17.0. The first-order chi connectivity index (χ1) is 7.75. The molecule has 1 fully saturated rings. The summed E-state index contributed by atoms with van der Waals surface area (Å²) in [5, 5.41) is 3.38. The summed E-state index contributed by atoms with van der Waals surface area (Å²) in [6.07, 6.45) is 7.85. The molecule has 1 amide bonds. The highest BCUT2D eigenvalue weighted by atomic mass is 16.1. The predicted octanol–water partition coefficient (Wildman–Crippen LogP) is 1.93. The van der Waals surface area contributed by atoms with Crippen molar-refractivity contribution in [2.24, 2.45) is 5.73 Å². The van der Waals surface area contributed by atoms with Crippen LogP contribution < -0.4 is 11.1 Å². The third kappa shape index (κ3) is 2.72. The molecule has 2 rings (SSSR count). The van der Waals surface area contributed by atoms with Crippen LogP contribution in [-0.4, -0.2) is 16.9 Å². The van der Waals surface area contributed by atoms with Crippen molar-refractivity contribution < 1.29 is 4.79 Å². The van der Waals surface area contributed by atoms with Crippen molar-refractivity contribution in [3.05, 3.63) is 23.9 Å². The van der Waals surface area contributed by atoms with Crippen LogP contribution in [0.3, 0.4) is 0 Å². The average Bonchev–Trinajstić information content (AvgIpc) is 2.31. The molecule has 4 nitrogen and oxygen atoms in total. The summed E-state index contributed by atoms with van der Waals surface area (Å²) < 4.78 is 0. The number of aromatic nitrogens is 1. The summed E-state index contributed by atoms with van der Waals surface area (Å²) in [6, 6.07) is 4.05. The van der Waals surface area contributed by atoms with Crippen molar-refractivity contribution >= 4 is 11.7 Å². The molecule has 0 aromatic carbocycles. The largest absolute Gasteiger partial charge is 0.367 e. The van der Waals surface area contributed by atoms with Crippen molar-refractivity contribution in [2.75, 3.05) is 5.32 Å². The highest BCUT2D eigenvalue weighted by Crippen LogP contribution is 2.20. The standard InChI is InChI=1S/C12H17N3O/c13-12(16)9-6-7-11(14-8-9)15-10-4-2-1-3-5-10/h6-8,10H,1-5H2,(H2,13,16)(H,14,15). The van der Waals surface area contributed by atoms with Gasteiger partial charge in [-0.15, -0.1) is 0 Å². The Morgan fingerprint density at radius 1 is 1.31 bits per heavy atom. The van der Waals surface area contributed by atoms with Gasteiger partial charge in [0, 0.05) is 12.2 Å². The maximum Gasteiger partial charge on any atom is 0.250 e. The second kappa shape index (κ2) is 4.96. The monoisotopic (exact) mass is 219 g/mol. The number of pyridine rings is 1. The smallest absolute Gasteiger partial charge is 0.250 e. The van der Waals surface area contributed by atoms with Gasteiger partial charge in [-0.05, 0) is 25.0 Å². The van der Waals surface area contributed by atoms with Crippen LogP contribution in [0.1, 0.15) is 42.5 Å². The van der Waals surface area contributed by atoms with Crippen LogP contribution in [-0.2, 0) is 0 Å². The number of carbonyl (C=O) groups excluding carboxylic acids is 1. The molecule has 0 spiro atoms. The molecule has 1 aliphatic carbocycles. The van der Waals surface area contributed by atoms with E-state index in [4.69, 9.17) is 5.73 Å². The number of carbonyl (C=O) groups is 1. The Labute approximate surface area is 95.3 Å². The van der Waals surface area contributed by atoms with Crippen molar-refractivity contribution in [2.45, 2.75) is 38.1 Å². The minimum absolute atomic E-state index is 0.434. The zero-order valence-corrected chi connectivity index (χ0v) is 9.28. The number of amides is 1. The van der Waals surface area contributed by atoms with Gasteiger partial charge in [-0.3, -0.25) is 4.79 Å². The second-order valence-electron chi connectivity index (χ2n) is 4.28. The van der Waals surface area contributed by atoms with Crippen LogP contribution in [0.15, 0.2) is 18.3 Å². The first-order valence-corrected chi connectivity index (χ1v) is 5.78. The lowest BCUT2D eigenvalue weighted by molar-refractivity contribution is 0.1000. The van der Waals surface area contributed by atoms with E-state index in [2.05, 4.69) is 10.3 Å². The lowest BCUT2D eigenvalue weighted by Gasteiger charge is -2.23. The van der Waals surface area contributed by atoms with Crippen LogP contribution in [0.5, 0.6) is 0 Å². The van der Waals surface area contributed by atoms with Gasteiger partial charge in [0.25, 0.3) is 0 Å². The van der Waals surface area contributed by atoms with Crippen molar-refractivity contribution in [3.8, 4) is 0 Å². The highest BCUT2D eigenvalue weighted by molar-refractivity contribution is 5.92. The van der Waals surface area contributed by atoms with Gasteiger partial charge in [-0.1, -0.05) is 19.3 Å². The van der Waals surface area contributed by atoms with Crippen LogP contribution in [0.2, 0.25) is 0 Å². The molecule has 0 saturated heterocycles. The first kappa shape index (κ1) is 10.9. The molecule has 1 aliphatic rings. The topological polar surface area (TPSA) is 68.0 Å². The summed E-state index contributed by atoms with van der Waals surface area (Å²) >= 11 is 0. The molecule has 1 saturated carbocycles. The van der Waals surface area contributed by atoms with E-state index in [9.17, 15) is 4.79 Å². The van der Waals surface area contributed by atoms with Crippen LogP contribution >= 0.6 is 0 Å². The predicted molar refractivity (Wildman–Crippen MR) is 63.3 cm³/mol. The minimum Gasteiger partial charge on any atom is -0.367 e. The zero-order valence-electron chi connectivity index (χ0n) is 9.28. The molecule has 3 N–H and O–H groups in total. The third-order valence-electron chi connectivity index (χ3n) is 3.01. The van der Waals surface area contributed by atoms with Gasteiger partial charge in [0.05, 0.1) is 5.56 Å². The minimum atomic E-state index is -0.434. The Morgan fingerprint density at radius 3 is 2.62 bits per heavy atom. The molecule has 0 atom stereocenters. The van der Waals surface area contributed by atoms with E-state index in [1.165, 1.54) is 38.3 Å². The van der Waals surface area contributed by atoms with Gasteiger partial charge >= 0.3 is 0 Å². The summed E-state index contributed by atoms with van der Waals surface area (Å²) in [6.45, 7) is 0. The van der Waals surface area contributed by atoms with E-state index in [0.717, 1.165) is 5.82 Å². The maximum atomic E-state index is 10.9. The van der Waals surface area contributed by atoms with Gasteiger partial charge in [-0.25, -0.2) is 4.98 Å². The lowest BCUT2D eigenvalue weighted by atomic mass is 9.95. The fourth-order valence-electron chi connectivity index (χ4n) is 2.08. The molecule has 86 valence electrons. The number of rotatable bonds is 3. The van der Waals surface area contributed by atoms with Gasteiger partial charge < -0.3 is 11.1 Å². The molecule has 0 radical (unpaired) electrons. The number of nitrogens with two attached hydrogens (primary N) is 1. The van der Waals surface area contributed by atoms with Crippen LogP contribution in [0.25, 0.3) is 0 Å². The Balaban J connectivity index is 1.96. The number of primary amides is 1. The fraction of sp³-hybridized carbons (Fsp3) is 0.500. The first-order valence-electron chi connectivity index (χ1n) is 5.78. The number of hydrogen-bond donors (Lipinski definition) is 2. The molecule has 0 bridgehead atoms. The molecule has 1 aromatic rings. The van der Waals surface area contributed by atoms with Gasteiger partial charge in [0.15, 0.2) is 0 Å². The number of hydrogen-bond acceptors (Lipinski definition) is 3. The Morgan fingerprint density at radius 2 is 2.06 bits per heavy atom. The summed E-state index contributed by atoms with van der Waals surface area (Å²) in [5.41, 5.74) is 5.60. The number of nitrogens with zero attached hydrogens (tertiary/aromatic N) is 1. The van der Waals surface area contributed by atoms with Crippen LogP contribution in [0, 0.1) is 0 Å². The summed E-state index contributed by atoms with van der Waals surface area (Å²) in [5.74, 6) is 0.397. The fourth-order valence-corrected chi connectivity index (χ4v) is 2.08. The molecule has 4 heteroatoms. The molecular weight excluding hydrogens is 202 g/mol. The third-order valence-corrected chi connectivity index (χ3v) is 3.01. The molecule has 0 aliphatic heterocycles. The zero-order chi connectivity index (χ0) is 11.4. The summed E-state index contributed by atoms with van der Waals surface area (Å²) in [7, 11) is 0. The Hall–Kier alpha value is -1.58. The van der Waals surface area contributed by atoms with E-state index in [1.807, 2.05) is 6.07 Å². The van der Waals surface area contributed by atoms with E-state index in [0.29, 0.717) is 11.6 Å². The molecule has 1 heterocycles. The molecule has 1 aromatic heterocycles. The van der Waals surface area contributed by atoms with Crippen LogP contribution in [0.4, 0.5) is 5.82 Å². The molecular formula is C12H17N3O. The molecule has 0 unspecified atom stereocenters. The average molecular weight is 219 g/mol. The lowest BCUT2D eigenvalue weighted by Crippen LogP contribution is -2.22. The van der Waals surface area contributed by atoms with Crippen molar-refractivity contribution in [1.82, 2.24) is 4.98 Å². The van der Waals surface area contributed by atoms with Gasteiger partial charge in [0.1, 0.15) is 5.82 Å². The van der Waals surface area contributed by atoms with Gasteiger partial charge in [-0.2, -0.15) is 0 Å². The maximum absolute atomic E-state index is 10.9. The quantitative estimate of drug-likeness (QED) is 0.816. The number of anilines is 1. The molecule has 16 heavy (non-hydrogen) atoms. The Bertz CT molecular complexity index is 355. The van der Waals surface area contributed by atoms with E-state index >= 15 is 0 Å². The summed E-state index contributed by atoms with van der Waals surface area (Å²) in [4.78, 5) is 15.0. The van der Waals surface area contributed by atoms with E-state index in [-0.39, 0.29) is 0 Å². The Kier molecular flexibility index (Phi) is 3.39. The SMILES string of the molecule is NC(=O)c1ccc(NC2CCCCC2)nc1. The highest BCUT2D eigenvalue weighted by Gasteiger charge is 2.13. The van der Waals surface area contributed by atoms with Gasteiger partial charge in [0.2, 0.25) is 5.91 Å². The van der Waals surface area contributed by atoms with Crippen molar-refractivity contribution in [3.63, 3.8) is 0 Å². The van der Waals surface area contributed by atoms with E-state index in [1.54, 1.807) is 6.07 Å². The second-order valence-corrected chi connectivity index (χ2v) is 4.28. The van der Waals surface area contributed by atoms with E-state index < -0.39 is 5.91 Å². The van der Waals surface area contributed by atoms with Crippen molar-refractivity contribution in [1.29, 1.82) is 0 Å². The number of nitrogens with one attached hydrogen (secondary N) is 1.